The van der Waals surface area contributed by atoms with E-state index >= 15 is 0 Å². The van der Waals surface area contributed by atoms with Gasteiger partial charge in [0.05, 0.1) is 18.2 Å². The number of nitrogens with one attached hydrogen (secondary N) is 2. The van der Waals surface area contributed by atoms with Gasteiger partial charge < -0.3 is 15.4 Å². The fraction of sp³-hybridized carbons (Fsp3) is 0.474. The lowest BCUT2D eigenvalue weighted by molar-refractivity contribution is 0.338. The summed E-state index contributed by atoms with van der Waals surface area (Å²) in [5.74, 6) is 1.78. The molecule has 0 saturated heterocycles. The van der Waals surface area contributed by atoms with Gasteiger partial charge in [0.2, 0.25) is 0 Å². The van der Waals surface area contributed by atoms with Gasteiger partial charge in [-0.2, -0.15) is 0 Å². The Bertz CT molecular complexity index is 696. The lowest BCUT2D eigenvalue weighted by atomic mass is 10.1. The van der Waals surface area contributed by atoms with Crippen LogP contribution in [0, 0.1) is 13.8 Å². The van der Waals surface area contributed by atoms with Gasteiger partial charge in [0.25, 0.3) is 0 Å². The van der Waals surface area contributed by atoms with Gasteiger partial charge in [0, 0.05) is 30.6 Å². The zero-order valence-corrected chi connectivity index (χ0v) is 16.4. The summed E-state index contributed by atoms with van der Waals surface area (Å²) in [6, 6.07) is 6.23. The molecule has 1 aromatic heterocycles. The molecule has 0 atom stereocenters. The van der Waals surface area contributed by atoms with Crippen molar-refractivity contribution >= 4 is 17.3 Å². The summed E-state index contributed by atoms with van der Waals surface area (Å²) in [4.78, 5) is 10.3. The molecule has 2 aromatic rings. The molecular weight excluding hydrogens is 332 g/mol. The first kappa shape index (κ1) is 19.2. The number of ether oxygens (including phenoxy) is 1. The van der Waals surface area contributed by atoms with Crippen LogP contribution in [0.2, 0.25) is 0 Å². The largest absolute Gasteiger partial charge is 0.494 e. The Morgan fingerprint density at radius 1 is 1.24 bits per heavy atom. The van der Waals surface area contributed by atoms with Crippen molar-refractivity contribution in [1.82, 2.24) is 15.6 Å². The Kier molecular flexibility index (Phi) is 7.73. The van der Waals surface area contributed by atoms with E-state index in [-0.39, 0.29) is 0 Å². The minimum Gasteiger partial charge on any atom is -0.494 e. The molecule has 0 spiro atoms. The van der Waals surface area contributed by atoms with Crippen LogP contribution in [0.15, 0.2) is 29.4 Å². The van der Waals surface area contributed by atoms with Crippen molar-refractivity contribution in [3.05, 3.63) is 45.4 Å². The van der Waals surface area contributed by atoms with Gasteiger partial charge in [0.15, 0.2) is 5.96 Å². The maximum absolute atomic E-state index is 5.59. The molecule has 0 radical (unpaired) electrons. The fourth-order valence-corrected chi connectivity index (χ4v) is 3.23. The number of hydrogen-bond donors (Lipinski definition) is 2. The highest BCUT2D eigenvalue weighted by Crippen LogP contribution is 2.19. The van der Waals surface area contributed by atoms with Crippen molar-refractivity contribution < 1.29 is 4.74 Å². The van der Waals surface area contributed by atoms with Crippen molar-refractivity contribution in [1.29, 1.82) is 0 Å². The molecule has 1 heterocycles. The third kappa shape index (κ3) is 6.38. The van der Waals surface area contributed by atoms with Gasteiger partial charge in [-0.25, -0.2) is 9.98 Å². The molecule has 0 aliphatic heterocycles. The molecule has 1 aromatic carbocycles. The van der Waals surface area contributed by atoms with Crippen molar-refractivity contribution in [2.45, 2.75) is 40.7 Å². The standard InChI is InChI=1S/C19H28N4OS/c1-5-20-19(21-10-9-18-22-12-15(4)25-18)23-13-16-7-8-17(24-6-2)14(3)11-16/h7-8,11-12H,5-6,9-10,13H2,1-4H3,(H2,20,21,23). The lowest BCUT2D eigenvalue weighted by Gasteiger charge is -2.11. The summed E-state index contributed by atoms with van der Waals surface area (Å²) in [7, 11) is 0. The number of guanidine groups is 1. The van der Waals surface area contributed by atoms with E-state index in [1.54, 1.807) is 11.3 Å². The van der Waals surface area contributed by atoms with E-state index in [9.17, 15) is 0 Å². The minimum absolute atomic E-state index is 0.638. The van der Waals surface area contributed by atoms with Crippen LogP contribution in [0.25, 0.3) is 0 Å². The van der Waals surface area contributed by atoms with Crippen LogP contribution in [-0.4, -0.2) is 30.6 Å². The molecule has 2 N–H and O–H groups in total. The number of aryl methyl sites for hydroxylation is 2. The van der Waals surface area contributed by atoms with Gasteiger partial charge >= 0.3 is 0 Å². The van der Waals surface area contributed by atoms with Gasteiger partial charge in [-0.15, -0.1) is 11.3 Å². The molecule has 25 heavy (non-hydrogen) atoms. The zero-order valence-electron chi connectivity index (χ0n) is 15.6. The Labute approximate surface area is 154 Å². The lowest BCUT2D eigenvalue weighted by Crippen LogP contribution is -2.38. The number of thiazole rings is 1. The summed E-state index contributed by atoms with van der Waals surface area (Å²) in [5, 5.41) is 7.82. The van der Waals surface area contributed by atoms with Crippen LogP contribution in [-0.2, 0) is 13.0 Å². The molecule has 0 aliphatic rings. The number of aliphatic imine (C=N–C) groups is 1. The summed E-state index contributed by atoms with van der Waals surface area (Å²) in [6.07, 6.45) is 2.83. The maximum Gasteiger partial charge on any atom is 0.191 e. The monoisotopic (exact) mass is 360 g/mol. The van der Waals surface area contributed by atoms with Gasteiger partial charge in [-0.3, -0.25) is 0 Å². The summed E-state index contributed by atoms with van der Waals surface area (Å²) in [5.41, 5.74) is 2.32. The van der Waals surface area contributed by atoms with E-state index in [1.807, 2.05) is 19.2 Å². The molecule has 136 valence electrons. The Hall–Kier alpha value is -2.08. The predicted octanol–water partition coefficient (Wildman–Crippen LogP) is 3.46. The third-order valence-corrected chi connectivity index (χ3v) is 4.58. The van der Waals surface area contributed by atoms with Crippen LogP contribution in [0.4, 0.5) is 0 Å². The first-order chi connectivity index (χ1) is 12.1. The van der Waals surface area contributed by atoms with E-state index in [0.717, 1.165) is 41.8 Å². The number of rotatable bonds is 8. The number of nitrogens with zero attached hydrogens (tertiary/aromatic N) is 2. The minimum atomic E-state index is 0.638. The summed E-state index contributed by atoms with van der Waals surface area (Å²) < 4.78 is 5.59. The van der Waals surface area contributed by atoms with Crippen molar-refractivity contribution in [2.24, 2.45) is 4.99 Å². The van der Waals surface area contributed by atoms with Crippen LogP contribution in [0.5, 0.6) is 5.75 Å². The molecule has 5 nitrogen and oxygen atoms in total. The average molecular weight is 361 g/mol. The molecule has 0 fully saturated rings. The van der Waals surface area contributed by atoms with Crippen LogP contribution < -0.4 is 15.4 Å². The molecular formula is C19H28N4OS. The molecule has 0 amide bonds. The Morgan fingerprint density at radius 2 is 2.08 bits per heavy atom. The summed E-state index contributed by atoms with van der Waals surface area (Å²) >= 11 is 1.75. The Balaban J connectivity index is 1.90. The van der Waals surface area contributed by atoms with E-state index in [1.165, 1.54) is 10.4 Å². The molecule has 0 bridgehead atoms. The molecule has 0 unspecified atom stereocenters. The number of hydrogen-bond acceptors (Lipinski definition) is 4. The highest BCUT2D eigenvalue weighted by Gasteiger charge is 2.03. The van der Waals surface area contributed by atoms with Crippen LogP contribution >= 0.6 is 11.3 Å². The number of aromatic nitrogens is 1. The van der Waals surface area contributed by atoms with E-state index in [4.69, 9.17) is 4.74 Å². The average Bonchev–Trinajstić information content (AvgIpc) is 3.00. The smallest absolute Gasteiger partial charge is 0.191 e. The molecule has 0 aliphatic carbocycles. The van der Waals surface area contributed by atoms with Crippen molar-refractivity contribution in [3.8, 4) is 5.75 Å². The second-order valence-electron chi connectivity index (χ2n) is 5.77. The predicted molar refractivity (Wildman–Crippen MR) is 106 cm³/mol. The normalized spacial score (nSPS) is 11.4. The molecule has 2 rings (SSSR count). The van der Waals surface area contributed by atoms with Crippen LogP contribution in [0.1, 0.15) is 34.9 Å². The van der Waals surface area contributed by atoms with Gasteiger partial charge in [-0.05, 0) is 44.9 Å². The van der Waals surface area contributed by atoms with Gasteiger partial charge in [-0.1, -0.05) is 12.1 Å². The zero-order chi connectivity index (χ0) is 18.1. The number of benzene rings is 1. The first-order valence-electron chi connectivity index (χ1n) is 8.78. The third-order valence-electron chi connectivity index (χ3n) is 3.60. The molecule has 6 heteroatoms. The molecule has 0 saturated carbocycles. The van der Waals surface area contributed by atoms with Gasteiger partial charge in [0.1, 0.15) is 5.75 Å². The second kappa shape index (κ2) is 10.0. The first-order valence-corrected chi connectivity index (χ1v) is 9.59. The SMILES string of the molecule is CCNC(=NCc1ccc(OCC)c(C)c1)NCCc1ncc(C)s1. The maximum atomic E-state index is 5.59. The second-order valence-corrected chi connectivity index (χ2v) is 7.09. The fourth-order valence-electron chi connectivity index (χ4n) is 2.44. The van der Waals surface area contributed by atoms with E-state index < -0.39 is 0 Å². The van der Waals surface area contributed by atoms with Crippen molar-refractivity contribution in [2.75, 3.05) is 19.7 Å². The topological polar surface area (TPSA) is 58.5 Å². The van der Waals surface area contributed by atoms with E-state index in [2.05, 4.69) is 53.5 Å². The summed E-state index contributed by atoms with van der Waals surface area (Å²) in [6.45, 7) is 11.2. The van der Waals surface area contributed by atoms with Crippen molar-refractivity contribution in [3.63, 3.8) is 0 Å². The quantitative estimate of drug-likeness (QED) is 0.559. The highest BCUT2D eigenvalue weighted by molar-refractivity contribution is 7.11. The van der Waals surface area contributed by atoms with Crippen LogP contribution in [0.3, 0.4) is 0 Å². The Morgan fingerprint density at radius 3 is 2.72 bits per heavy atom. The van der Waals surface area contributed by atoms with E-state index in [0.29, 0.717) is 13.2 Å². The highest BCUT2D eigenvalue weighted by atomic mass is 32.1.